The van der Waals surface area contributed by atoms with Crippen LogP contribution in [0.3, 0.4) is 0 Å². The van der Waals surface area contributed by atoms with Gasteiger partial charge in [-0.25, -0.2) is 4.98 Å². The standard InChI is InChI=1S/C23H28N6O2/c1-16-6-4-5-7-19(16)20-15-29(12-13-31-20)23(24-2)25-14-21-26-22(28-27-21)17-8-10-18(30-3)11-9-17/h4-11,20H,12-15H2,1-3H3,(H,24,25)(H,26,27,28). The van der Waals surface area contributed by atoms with Crippen LogP contribution in [0.5, 0.6) is 5.75 Å². The number of aromatic nitrogens is 3. The Morgan fingerprint density at radius 2 is 2.06 bits per heavy atom. The highest BCUT2D eigenvalue weighted by Gasteiger charge is 2.25. The Balaban J connectivity index is 1.38. The molecule has 2 heterocycles. The molecule has 1 aliphatic heterocycles. The van der Waals surface area contributed by atoms with Crippen molar-refractivity contribution >= 4 is 5.96 Å². The van der Waals surface area contributed by atoms with E-state index in [-0.39, 0.29) is 6.10 Å². The molecule has 8 heteroatoms. The highest BCUT2D eigenvalue weighted by Crippen LogP contribution is 2.25. The number of morpholine rings is 1. The molecule has 1 unspecified atom stereocenters. The quantitative estimate of drug-likeness (QED) is 0.487. The largest absolute Gasteiger partial charge is 0.497 e. The smallest absolute Gasteiger partial charge is 0.194 e. The van der Waals surface area contributed by atoms with Crippen molar-refractivity contribution in [3.8, 4) is 17.1 Å². The molecule has 1 aromatic heterocycles. The van der Waals surface area contributed by atoms with Crippen LogP contribution in [0.15, 0.2) is 53.5 Å². The van der Waals surface area contributed by atoms with Gasteiger partial charge in [0.1, 0.15) is 17.7 Å². The molecule has 4 rings (SSSR count). The molecule has 3 aromatic rings. The van der Waals surface area contributed by atoms with Crippen LogP contribution in [-0.4, -0.2) is 59.9 Å². The van der Waals surface area contributed by atoms with Crippen molar-refractivity contribution in [2.75, 3.05) is 33.9 Å². The van der Waals surface area contributed by atoms with Crippen molar-refractivity contribution in [3.05, 3.63) is 65.5 Å². The summed E-state index contributed by atoms with van der Waals surface area (Å²) in [5.41, 5.74) is 3.40. The molecule has 2 N–H and O–H groups in total. The zero-order valence-corrected chi connectivity index (χ0v) is 18.1. The molecular weight excluding hydrogens is 392 g/mol. The maximum atomic E-state index is 6.04. The minimum atomic E-state index is 0.0282. The molecule has 31 heavy (non-hydrogen) atoms. The number of aromatic amines is 1. The predicted molar refractivity (Wildman–Crippen MR) is 120 cm³/mol. The van der Waals surface area contributed by atoms with E-state index in [1.807, 2.05) is 24.3 Å². The van der Waals surface area contributed by atoms with E-state index in [4.69, 9.17) is 9.47 Å². The highest BCUT2D eigenvalue weighted by atomic mass is 16.5. The van der Waals surface area contributed by atoms with Crippen molar-refractivity contribution in [3.63, 3.8) is 0 Å². The average molecular weight is 421 g/mol. The van der Waals surface area contributed by atoms with Crippen molar-refractivity contribution in [1.29, 1.82) is 0 Å². The monoisotopic (exact) mass is 420 g/mol. The molecule has 0 aliphatic carbocycles. The molecule has 0 saturated carbocycles. The fourth-order valence-electron chi connectivity index (χ4n) is 3.72. The molecule has 1 aliphatic rings. The van der Waals surface area contributed by atoms with Crippen LogP contribution >= 0.6 is 0 Å². The van der Waals surface area contributed by atoms with E-state index in [9.17, 15) is 0 Å². The Bertz CT molecular complexity index is 1030. The van der Waals surface area contributed by atoms with Crippen LogP contribution in [0, 0.1) is 6.92 Å². The van der Waals surface area contributed by atoms with Gasteiger partial charge in [-0.1, -0.05) is 24.3 Å². The third-order valence-corrected chi connectivity index (χ3v) is 5.41. The lowest BCUT2D eigenvalue weighted by atomic mass is 10.0. The predicted octanol–water partition coefficient (Wildman–Crippen LogP) is 2.94. The minimum absolute atomic E-state index is 0.0282. The van der Waals surface area contributed by atoms with Gasteiger partial charge in [0.15, 0.2) is 11.8 Å². The Hall–Kier alpha value is -3.39. The first kappa shape index (κ1) is 20.9. The van der Waals surface area contributed by atoms with E-state index in [1.165, 1.54) is 11.1 Å². The summed E-state index contributed by atoms with van der Waals surface area (Å²) in [5, 5.41) is 10.7. The molecule has 0 bridgehead atoms. The van der Waals surface area contributed by atoms with Crippen molar-refractivity contribution in [1.82, 2.24) is 25.4 Å². The number of benzene rings is 2. The molecule has 1 atom stereocenters. The number of H-pyrrole nitrogens is 1. The van der Waals surface area contributed by atoms with Crippen LogP contribution in [0.2, 0.25) is 0 Å². The Morgan fingerprint density at radius 1 is 1.26 bits per heavy atom. The van der Waals surface area contributed by atoms with Gasteiger partial charge in [-0.2, -0.15) is 5.10 Å². The summed E-state index contributed by atoms with van der Waals surface area (Å²) in [7, 11) is 3.44. The van der Waals surface area contributed by atoms with Gasteiger partial charge in [0, 0.05) is 19.2 Å². The third kappa shape index (κ3) is 4.86. The summed E-state index contributed by atoms with van der Waals surface area (Å²) >= 11 is 0. The van der Waals surface area contributed by atoms with Gasteiger partial charge in [0.25, 0.3) is 0 Å². The molecule has 0 radical (unpaired) electrons. The van der Waals surface area contributed by atoms with Crippen LogP contribution < -0.4 is 10.1 Å². The second-order valence-electron chi connectivity index (χ2n) is 7.40. The van der Waals surface area contributed by atoms with E-state index < -0.39 is 0 Å². The van der Waals surface area contributed by atoms with Crippen molar-refractivity contribution in [2.24, 2.45) is 4.99 Å². The van der Waals surface area contributed by atoms with E-state index in [0.717, 1.165) is 36.2 Å². The number of guanidine groups is 1. The van der Waals surface area contributed by atoms with Crippen molar-refractivity contribution < 1.29 is 9.47 Å². The molecule has 1 fully saturated rings. The maximum absolute atomic E-state index is 6.04. The molecular formula is C23H28N6O2. The SMILES string of the molecule is CN=C(NCc1nc(-c2ccc(OC)cc2)n[nH]1)N1CCOC(c2ccccc2C)C1. The topological polar surface area (TPSA) is 87.7 Å². The normalized spacial score (nSPS) is 16.9. The molecule has 162 valence electrons. The van der Waals surface area contributed by atoms with Crippen LogP contribution in [-0.2, 0) is 11.3 Å². The first-order chi connectivity index (χ1) is 15.2. The van der Waals surface area contributed by atoms with Crippen LogP contribution in [0.4, 0.5) is 0 Å². The first-order valence-corrected chi connectivity index (χ1v) is 10.4. The molecule has 8 nitrogen and oxygen atoms in total. The lowest BCUT2D eigenvalue weighted by Crippen LogP contribution is -2.48. The number of aryl methyl sites for hydroxylation is 1. The summed E-state index contributed by atoms with van der Waals surface area (Å²) in [6.07, 6.45) is 0.0282. The number of aliphatic imine (C=N–C) groups is 1. The van der Waals surface area contributed by atoms with E-state index >= 15 is 0 Å². The summed E-state index contributed by atoms with van der Waals surface area (Å²) in [4.78, 5) is 11.3. The number of ether oxygens (including phenoxy) is 2. The molecule has 0 spiro atoms. The van der Waals surface area contributed by atoms with Gasteiger partial charge in [0.2, 0.25) is 0 Å². The average Bonchev–Trinajstić information content (AvgIpc) is 3.29. The van der Waals surface area contributed by atoms with E-state index in [2.05, 4.69) is 61.6 Å². The van der Waals surface area contributed by atoms with Gasteiger partial charge in [-0.3, -0.25) is 10.1 Å². The van der Waals surface area contributed by atoms with Gasteiger partial charge < -0.3 is 19.7 Å². The zero-order valence-electron chi connectivity index (χ0n) is 18.1. The third-order valence-electron chi connectivity index (χ3n) is 5.41. The lowest BCUT2D eigenvalue weighted by Gasteiger charge is -2.35. The summed E-state index contributed by atoms with van der Waals surface area (Å²) < 4.78 is 11.2. The Kier molecular flexibility index (Phi) is 6.47. The van der Waals surface area contributed by atoms with Gasteiger partial charge >= 0.3 is 0 Å². The maximum Gasteiger partial charge on any atom is 0.194 e. The van der Waals surface area contributed by atoms with Gasteiger partial charge in [-0.05, 0) is 42.3 Å². The Morgan fingerprint density at radius 3 is 2.81 bits per heavy atom. The lowest BCUT2D eigenvalue weighted by molar-refractivity contribution is -0.00834. The second-order valence-corrected chi connectivity index (χ2v) is 7.40. The highest BCUT2D eigenvalue weighted by molar-refractivity contribution is 5.80. The first-order valence-electron chi connectivity index (χ1n) is 10.4. The fourth-order valence-corrected chi connectivity index (χ4v) is 3.72. The number of rotatable bonds is 5. The summed E-state index contributed by atoms with van der Waals surface area (Å²) in [5.74, 6) is 3.03. The molecule has 1 saturated heterocycles. The number of hydrogen-bond acceptors (Lipinski definition) is 5. The summed E-state index contributed by atoms with van der Waals surface area (Å²) in [6.45, 7) is 4.81. The van der Waals surface area contributed by atoms with Crippen LogP contribution in [0.25, 0.3) is 11.4 Å². The van der Waals surface area contributed by atoms with Gasteiger partial charge in [0.05, 0.1) is 26.8 Å². The van der Waals surface area contributed by atoms with Gasteiger partial charge in [-0.15, -0.1) is 0 Å². The van der Waals surface area contributed by atoms with Crippen LogP contribution in [0.1, 0.15) is 23.1 Å². The number of methoxy groups -OCH3 is 1. The van der Waals surface area contributed by atoms with E-state index in [1.54, 1.807) is 14.2 Å². The Labute approximate surface area is 182 Å². The molecule has 0 amide bonds. The number of nitrogens with zero attached hydrogens (tertiary/aromatic N) is 4. The fraction of sp³-hybridized carbons (Fsp3) is 0.348. The van der Waals surface area contributed by atoms with Crippen molar-refractivity contribution in [2.45, 2.75) is 19.6 Å². The second kappa shape index (κ2) is 9.61. The van der Waals surface area contributed by atoms with E-state index in [0.29, 0.717) is 19.0 Å². The number of hydrogen-bond donors (Lipinski definition) is 2. The minimum Gasteiger partial charge on any atom is -0.497 e. The molecule has 2 aromatic carbocycles. The zero-order chi connectivity index (χ0) is 21.6. The summed E-state index contributed by atoms with van der Waals surface area (Å²) in [6, 6.07) is 16.0. The number of nitrogens with one attached hydrogen (secondary N) is 2.